The van der Waals surface area contributed by atoms with Gasteiger partial charge in [0.05, 0.1) is 6.61 Å². The van der Waals surface area contributed by atoms with Gasteiger partial charge in [0, 0.05) is 27.1 Å². The van der Waals surface area contributed by atoms with Gasteiger partial charge in [-0.2, -0.15) is 0 Å². The van der Waals surface area contributed by atoms with Gasteiger partial charge in [0.1, 0.15) is 0 Å². The Balaban J connectivity index is 3.19. The maximum atomic E-state index is 10.9. The molecule has 0 saturated heterocycles. The molecule has 0 atom stereocenters. The van der Waals surface area contributed by atoms with Crippen LogP contribution in [0.3, 0.4) is 0 Å². The molecule has 0 amide bonds. The van der Waals surface area contributed by atoms with Crippen molar-refractivity contribution in [1.82, 2.24) is 9.55 Å². The summed E-state index contributed by atoms with van der Waals surface area (Å²) in [6.45, 7) is 4.69. The minimum atomic E-state index is -0.484. The number of aryl methyl sites for hydroxylation is 1. The molecule has 0 aliphatic rings. The van der Waals surface area contributed by atoms with Gasteiger partial charge in [-0.05, 0) is 16.3 Å². The third-order valence-electron chi connectivity index (χ3n) is 2.61. The number of hydrogen-bond acceptors (Lipinski definition) is 5. The molecule has 96 valence electrons. The Hall–Kier alpha value is -1.63. The number of hydrogen-bond donors (Lipinski definition) is 1. The van der Waals surface area contributed by atoms with Crippen molar-refractivity contribution in [2.75, 3.05) is 24.6 Å². The van der Waals surface area contributed by atoms with E-state index in [9.17, 15) is 10.1 Å². The molecule has 1 aromatic heterocycles. The lowest BCUT2D eigenvalue weighted by Gasteiger charge is -2.22. The Kier molecular flexibility index (Phi) is 4.45. The van der Waals surface area contributed by atoms with Crippen LogP contribution in [0.5, 0.6) is 0 Å². The number of nitro groups is 1. The van der Waals surface area contributed by atoms with Crippen LogP contribution >= 0.6 is 0 Å². The van der Waals surface area contributed by atoms with Crippen molar-refractivity contribution in [3.05, 3.63) is 15.9 Å². The van der Waals surface area contributed by atoms with Gasteiger partial charge in [-0.25, -0.2) is 0 Å². The minimum absolute atomic E-state index is 0.0403. The summed E-state index contributed by atoms with van der Waals surface area (Å²) in [4.78, 5) is 16.2. The molecule has 1 N–H and O–H groups in total. The number of aliphatic hydroxyl groups is 1. The highest BCUT2D eigenvalue weighted by atomic mass is 16.6. The summed E-state index contributed by atoms with van der Waals surface area (Å²) in [6, 6.07) is 0. The molecule has 1 aromatic rings. The second-order valence-electron chi connectivity index (χ2n) is 3.83. The van der Waals surface area contributed by atoms with Crippen LogP contribution in [0.1, 0.15) is 19.2 Å². The van der Waals surface area contributed by atoms with E-state index in [1.807, 2.05) is 6.92 Å². The van der Waals surface area contributed by atoms with Crippen LogP contribution < -0.4 is 4.90 Å². The van der Waals surface area contributed by atoms with Crippen LogP contribution in [-0.2, 0) is 7.05 Å². The molecule has 7 nitrogen and oxygen atoms in total. The lowest BCUT2D eigenvalue weighted by Crippen LogP contribution is -2.29. The summed E-state index contributed by atoms with van der Waals surface area (Å²) in [6.07, 6.45) is 0.849. The number of anilines is 1. The number of imidazole rings is 1. The van der Waals surface area contributed by atoms with Gasteiger partial charge in [-0.3, -0.25) is 4.57 Å². The normalized spacial score (nSPS) is 10.6. The van der Waals surface area contributed by atoms with Gasteiger partial charge in [-0.1, -0.05) is 6.92 Å². The predicted octanol–water partition coefficient (Wildman–Crippen LogP) is 0.845. The zero-order chi connectivity index (χ0) is 13.0. The first-order valence-corrected chi connectivity index (χ1v) is 5.56. The molecule has 0 spiro atoms. The predicted molar refractivity (Wildman–Crippen MR) is 64.2 cm³/mol. The Morgan fingerprint density at radius 3 is 2.65 bits per heavy atom. The van der Waals surface area contributed by atoms with Crippen LogP contribution in [-0.4, -0.2) is 39.3 Å². The van der Waals surface area contributed by atoms with Gasteiger partial charge in [0.15, 0.2) is 0 Å². The van der Waals surface area contributed by atoms with Crippen LogP contribution in [0.2, 0.25) is 0 Å². The zero-order valence-electron chi connectivity index (χ0n) is 10.4. The van der Waals surface area contributed by atoms with Gasteiger partial charge < -0.3 is 20.1 Å². The fraction of sp³-hybridized carbons (Fsp3) is 0.700. The molecule has 1 heterocycles. The lowest BCUT2D eigenvalue weighted by molar-refractivity contribution is -0.388. The van der Waals surface area contributed by atoms with E-state index in [0.29, 0.717) is 24.7 Å². The molecule has 0 aromatic carbocycles. The highest BCUT2D eigenvalue weighted by Crippen LogP contribution is 2.27. The first kappa shape index (κ1) is 13.4. The average Bonchev–Trinajstić information content (AvgIpc) is 2.56. The summed E-state index contributed by atoms with van der Waals surface area (Å²) < 4.78 is 1.68. The lowest BCUT2D eigenvalue weighted by atomic mass is 10.4. The van der Waals surface area contributed by atoms with Crippen LogP contribution in [0.15, 0.2) is 0 Å². The van der Waals surface area contributed by atoms with E-state index in [1.54, 1.807) is 23.4 Å². The Morgan fingerprint density at radius 1 is 1.53 bits per heavy atom. The van der Waals surface area contributed by atoms with Gasteiger partial charge in [-0.15, -0.1) is 0 Å². The van der Waals surface area contributed by atoms with Gasteiger partial charge >= 0.3 is 5.82 Å². The number of rotatable bonds is 6. The van der Waals surface area contributed by atoms with Gasteiger partial charge in [0.2, 0.25) is 11.6 Å². The van der Waals surface area contributed by atoms with Crippen molar-refractivity contribution >= 4 is 11.6 Å². The van der Waals surface area contributed by atoms with Crippen LogP contribution in [0, 0.1) is 17.0 Å². The Bertz CT molecular complexity index is 397. The SMILES string of the molecule is CCCN(CCO)c1c([N+](=O)[O-])nc(C)n1C. The first-order chi connectivity index (χ1) is 8.02. The fourth-order valence-corrected chi connectivity index (χ4v) is 1.77. The van der Waals surface area contributed by atoms with Crippen molar-refractivity contribution in [3.63, 3.8) is 0 Å². The van der Waals surface area contributed by atoms with Crippen molar-refractivity contribution < 1.29 is 10.0 Å². The second-order valence-corrected chi connectivity index (χ2v) is 3.83. The molecule has 0 radical (unpaired) electrons. The summed E-state index contributed by atoms with van der Waals surface area (Å²) >= 11 is 0. The Labute approximate surface area is 99.8 Å². The van der Waals surface area contributed by atoms with E-state index < -0.39 is 4.92 Å². The third kappa shape index (κ3) is 2.73. The molecular formula is C10H18N4O3. The minimum Gasteiger partial charge on any atom is -0.395 e. The molecule has 0 bridgehead atoms. The number of aromatic nitrogens is 2. The quantitative estimate of drug-likeness (QED) is 0.590. The molecule has 0 saturated carbocycles. The van der Waals surface area contributed by atoms with Crippen molar-refractivity contribution in [1.29, 1.82) is 0 Å². The van der Waals surface area contributed by atoms with E-state index in [2.05, 4.69) is 4.98 Å². The summed E-state index contributed by atoms with van der Waals surface area (Å²) in [7, 11) is 1.74. The number of nitrogens with zero attached hydrogens (tertiary/aromatic N) is 4. The third-order valence-corrected chi connectivity index (χ3v) is 2.61. The summed E-state index contributed by atoms with van der Waals surface area (Å²) in [5, 5.41) is 20.0. The zero-order valence-corrected chi connectivity index (χ0v) is 10.4. The monoisotopic (exact) mass is 242 g/mol. The van der Waals surface area contributed by atoms with Crippen molar-refractivity contribution in [2.24, 2.45) is 7.05 Å². The van der Waals surface area contributed by atoms with E-state index in [4.69, 9.17) is 5.11 Å². The van der Waals surface area contributed by atoms with E-state index >= 15 is 0 Å². The summed E-state index contributed by atoms with van der Waals surface area (Å²) in [5.74, 6) is 0.904. The van der Waals surface area contributed by atoms with E-state index in [0.717, 1.165) is 6.42 Å². The van der Waals surface area contributed by atoms with Crippen molar-refractivity contribution in [2.45, 2.75) is 20.3 Å². The second kappa shape index (κ2) is 5.62. The van der Waals surface area contributed by atoms with Crippen LogP contribution in [0.4, 0.5) is 11.6 Å². The average molecular weight is 242 g/mol. The smallest absolute Gasteiger partial charge is 0.395 e. The molecule has 1 rings (SSSR count). The molecule has 0 aliphatic heterocycles. The number of aliphatic hydroxyl groups excluding tert-OH is 1. The maximum absolute atomic E-state index is 10.9. The van der Waals surface area contributed by atoms with E-state index in [-0.39, 0.29) is 12.4 Å². The topological polar surface area (TPSA) is 84.4 Å². The maximum Gasteiger partial charge on any atom is 0.406 e. The Morgan fingerprint density at radius 2 is 2.18 bits per heavy atom. The highest BCUT2D eigenvalue weighted by molar-refractivity contribution is 5.55. The van der Waals surface area contributed by atoms with Crippen molar-refractivity contribution in [3.8, 4) is 0 Å². The first-order valence-electron chi connectivity index (χ1n) is 5.56. The fourth-order valence-electron chi connectivity index (χ4n) is 1.77. The highest BCUT2D eigenvalue weighted by Gasteiger charge is 2.27. The van der Waals surface area contributed by atoms with E-state index in [1.165, 1.54) is 0 Å². The molecule has 0 aliphatic carbocycles. The van der Waals surface area contributed by atoms with Gasteiger partial charge in [0.25, 0.3) is 0 Å². The molecule has 7 heteroatoms. The molecule has 0 fully saturated rings. The van der Waals surface area contributed by atoms with Crippen LogP contribution in [0.25, 0.3) is 0 Å². The molecule has 17 heavy (non-hydrogen) atoms. The largest absolute Gasteiger partial charge is 0.406 e. The summed E-state index contributed by atoms with van der Waals surface area (Å²) in [5.41, 5.74) is 0. The molecule has 0 unspecified atom stereocenters. The standard InChI is InChI=1S/C10H18N4O3/c1-4-5-13(6-7-15)10-9(14(16)17)11-8(2)12(10)3/h15H,4-7H2,1-3H3. The molecular weight excluding hydrogens is 224 g/mol.